The molecule has 1 atom stereocenters. The van der Waals surface area contributed by atoms with E-state index in [1.807, 2.05) is 37.3 Å². The molecule has 198 valence electrons. The van der Waals surface area contributed by atoms with E-state index in [4.69, 9.17) is 4.74 Å². The van der Waals surface area contributed by atoms with Crippen molar-refractivity contribution in [1.82, 2.24) is 14.8 Å². The van der Waals surface area contributed by atoms with E-state index in [0.29, 0.717) is 31.1 Å². The molecule has 2 aromatic carbocycles. The predicted molar refractivity (Wildman–Crippen MR) is 136 cm³/mol. The molecular weight excluding hydrogens is 503 g/mol. The van der Waals surface area contributed by atoms with Crippen LogP contribution in [0.5, 0.6) is 10.9 Å². The molecule has 5 rings (SSSR count). The summed E-state index contributed by atoms with van der Waals surface area (Å²) in [5, 5.41) is 0.606. The average molecular weight is 534 g/mol. The van der Waals surface area contributed by atoms with Gasteiger partial charge in [0.25, 0.3) is 5.19 Å². The Hall–Kier alpha value is -2.85. The third kappa shape index (κ3) is 5.70. The van der Waals surface area contributed by atoms with Crippen molar-refractivity contribution in [3.63, 3.8) is 0 Å². The maximum absolute atomic E-state index is 12.8. The van der Waals surface area contributed by atoms with E-state index in [1.54, 1.807) is 0 Å². The van der Waals surface area contributed by atoms with E-state index in [0.717, 1.165) is 59.9 Å². The van der Waals surface area contributed by atoms with Crippen LogP contribution in [0, 0.1) is 6.92 Å². The SMILES string of the molecule is Cc1cc(CN2CCCC23CCN(C(=O)OC(C)C(F)(F)F)CC3)cc(Oc2nc3ccccc3s2)c1. The monoisotopic (exact) mass is 533 g/mol. The summed E-state index contributed by atoms with van der Waals surface area (Å²) in [6.45, 7) is 5.36. The second-order valence-electron chi connectivity index (χ2n) is 10.0. The fraction of sp³-hybridized carbons (Fsp3) is 0.481. The van der Waals surface area contributed by atoms with Crippen LogP contribution in [-0.2, 0) is 11.3 Å². The van der Waals surface area contributed by atoms with Crippen molar-refractivity contribution in [2.45, 2.75) is 63.9 Å². The third-order valence-corrected chi connectivity index (χ3v) is 8.31. The molecular formula is C27H30F3N3O3S. The topological polar surface area (TPSA) is 54.9 Å². The van der Waals surface area contributed by atoms with Gasteiger partial charge in [-0.2, -0.15) is 13.2 Å². The third-order valence-electron chi connectivity index (χ3n) is 7.40. The van der Waals surface area contributed by atoms with Gasteiger partial charge in [-0.25, -0.2) is 9.78 Å². The molecule has 6 nitrogen and oxygen atoms in total. The van der Waals surface area contributed by atoms with Crippen LogP contribution in [0.25, 0.3) is 10.2 Å². The number of alkyl halides is 3. The fourth-order valence-electron chi connectivity index (χ4n) is 5.40. The van der Waals surface area contributed by atoms with Crippen LogP contribution in [0.15, 0.2) is 42.5 Å². The number of piperidine rings is 1. The van der Waals surface area contributed by atoms with Gasteiger partial charge in [0.1, 0.15) is 5.75 Å². The van der Waals surface area contributed by atoms with Crippen LogP contribution in [-0.4, -0.2) is 58.3 Å². The minimum atomic E-state index is -4.56. The molecule has 0 aliphatic carbocycles. The first-order valence-corrected chi connectivity index (χ1v) is 13.3. The number of thiazole rings is 1. The largest absolute Gasteiger partial charge is 0.437 e. The van der Waals surface area contributed by atoms with E-state index in [1.165, 1.54) is 16.2 Å². The normalized spacial score (nSPS) is 18.9. The number of carbonyl (C=O) groups is 1. The number of ether oxygens (including phenoxy) is 2. The van der Waals surface area contributed by atoms with E-state index >= 15 is 0 Å². The second kappa shape index (κ2) is 10.1. The fourth-order valence-corrected chi connectivity index (χ4v) is 6.23. The van der Waals surface area contributed by atoms with Crippen LogP contribution in [0.3, 0.4) is 0 Å². The summed E-state index contributed by atoms with van der Waals surface area (Å²) in [6.07, 6.45) is -4.07. The zero-order chi connectivity index (χ0) is 26.2. The minimum Gasteiger partial charge on any atom is -0.437 e. The van der Waals surface area contributed by atoms with Gasteiger partial charge in [-0.1, -0.05) is 29.5 Å². The second-order valence-corrected chi connectivity index (χ2v) is 11.0. The highest BCUT2D eigenvalue weighted by molar-refractivity contribution is 7.20. The Bertz CT molecular complexity index is 1240. The quantitative estimate of drug-likeness (QED) is 0.357. The molecule has 0 saturated carbocycles. The van der Waals surface area contributed by atoms with Crippen molar-refractivity contribution in [3.8, 4) is 10.9 Å². The smallest absolute Gasteiger partial charge is 0.425 e. The zero-order valence-electron chi connectivity index (χ0n) is 20.9. The highest BCUT2D eigenvalue weighted by Crippen LogP contribution is 2.40. The zero-order valence-corrected chi connectivity index (χ0v) is 21.7. The number of para-hydroxylation sites is 1. The van der Waals surface area contributed by atoms with Gasteiger partial charge < -0.3 is 14.4 Å². The molecule has 2 fully saturated rings. The number of hydrogen-bond acceptors (Lipinski definition) is 6. The molecule has 1 amide bonds. The van der Waals surface area contributed by atoms with Crippen molar-refractivity contribution in [3.05, 3.63) is 53.6 Å². The summed E-state index contributed by atoms with van der Waals surface area (Å²) in [6, 6.07) is 14.1. The van der Waals surface area contributed by atoms with Crippen LogP contribution in [0.2, 0.25) is 0 Å². The van der Waals surface area contributed by atoms with Crippen LogP contribution < -0.4 is 4.74 Å². The van der Waals surface area contributed by atoms with Crippen LogP contribution in [0.4, 0.5) is 18.0 Å². The Balaban J connectivity index is 1.24. The van der Waals surface area contributed by atoms with Gasteiger partial charge in [-0.3, -0.25) is 4.90 Å². The Morgan fingerprint density at radius 2 is 1.89 bits per heavy atom. The van der Waals surface area contributed by atoms with E-state index in [2.05, 4.69) is 26.8 Å². The van der Waals surface area contributed by atoms with Crippen LogP contribution in [0.1, 0.15) is 43.7 Å². The Morgan fingerprint density at radius 1 is 1.14 bits per heavy atom. The first-order valence-electron chi connectivity index (χ1n) is 12.5. The maximum Gasteiger partial charge on any atom is 0.425 e. The van der Waals surface area contributed by atoms with Crippen molar-refractivity contribution in [2.75, 3.05) is 19.6 Å². The number of likely N-dealkylation sites (tertiary alicyclic amines) is 2. The first kappa shape index (κ1) is 25.8. The molecule has 1 spiro atoms. The van der Waals surface area contributed by atoms with Gasteiger partial charge >= 0.3 is 12.3 Å². The number of hydrogen-bond donors (Lipinski definition) is 0. The summed E-state index contributed by atoms with van der Waals surface area (Å²) < 4.78 is 50.2. The summed E-state index contributed by atoms with van der Waals surface area (Å²) in [5.74, 6) is 0.749. The molecule has 0 N–H and O–H groups in total. The number of nitrogens with zero attached hydrogens (tertiary/aromatic N) is 3. The van der Waals surface area contributed by atoms with Crippen molar-refractivity contribution >= 4 is 27.6 Å². The molecule has 37 heavy (non-hydrogen) atoms. The maximum atomic E-state index is 12.8. The molecule has 10 heteroatoms. The lowest BCUT2D eigenvalue weighted by Gasteiger charge is -2.45. The lowest BCUT2D eigenvalue weighted by Crippen LogP contribution is -2.53. The highest BCUT2D eigenvalue weighted by atomic mass is 32.1. The molecule has 1 aromatic heterocycles. The van der Waals surface area contributed by atoms with Crippen molar-refractivity contribution < 1.29 is 27.4 Å². The van der Waals surface area contributed by atoms with Gasteiger partial charge in [0.2, 0.25) is 0 Å². The molecule has 1 unspecified atom stereocenters. The number of fused-ring (bicyclic) bond motifs is 1. The predicted octanol–water partition coefficient (Wildman–Crippen LogP) is 6.91. The molecule has 2 aliphatic rings. The molecule has 2 aliphatic heterocycles. The number of aromatic nitrogens is 1. The number of amides is 1. The van der Waals surface area contributed by atoms with Gasteiger partial charge in [0.05, 0.1) is 10.2 Å². The lowest BCUT2D eigenvalue weighted by atomic mass is 9.85. The van der Waals surface area contributed by atoms with Gasteiger partial charge in [-0.15, -0.1) is 0 Å². The minimum absolute atomic E-state index is 0.0653. The summed E-state index contributed by atoms with van der Waals surface area (Å²) in [5.41, 5.74) is 3.08. The number of halogens is 3. The Kier molecular flexibility index (Phi) is 7.06. The molecule has 3 aromatic rings. The number of benzene rings is 2. The number of rotatable bonds is 5. The summed E-state index contributed by atoms with van der Waals surface area (Å²) >= 11 is 1.51. The Labute approximate surface area is 218 Å². The van der Waals surface area contributed by atoms with E-state index in [9.17, 15) is 18.0 Å². The van der Waals surface area contributed by atoms with E-state index in [-0.39, 0.29) is 5.54 Å². The molecule has 0 bridgehead atoms. The van der Waals surface area contributed by atoms with E-state index < -0.39 is 18.4 Å². The van der Waals surface area contributed by atoms with Gasteiger partial charge in [-0.05, 0) is 81.5 Å². The van der Waals surface area contributed by atoms with Crippen molar-refractivity contribution in [2.24, 2.45) is 0 Å². The molecule has 2 saturated heterocycles. The molecule has 3 heterocycles. The van der Waals surface area contributed by atoms with Crippen molar-refractivity contribution in [1.29, 1.82) is 0 Å². The summed E-state index contributed by atoms with van der Waals surface area (Å²) in [4.78, 5) is 20.7. The number of aryl methyl sites for hydroxylation is 1. The van der Waals surface area contributed by atoms with Gasteiger partial charge in [0.15, 0.2) is 6.10 Å². The summed E-state index contributed by atoms with van der Waals surface area (Å²) in [7, 11) is 0. The standard InChI is InChI=1S/C27H30F3N3O3S/c1-18-14-20(16-21(15-18)36-24-31-22-6-3-4-7-23(22)37-24)17-33-11-5-8-26(33)9-12-32(13-10-26)25(34)35-19(2)27(28,29)30/h3-4,6-7,14-16,19H,5,8-13,17H2,1-2H3. The molecule has 0 radical (unpaired) electrons. The number of carbonyl (C=O) groups excluding carboxylic acids is 1. The average Bonchev–Trinajstić information content (AvgIpc) is 3.41. The van der Waals surface area contributed by atoms with Crippen LogP contribution >= 0.6 is 11.3 Å². The Morgan fingerprint density at radius 3 is 2.62 bits per heavy atom. The first-order chi connectivity index (χ1) is 17.6. The lowest BCUT2D eigenvalue weighted by molar-refractivity contribution is -0.200. The van der Waals surface area contributed by atoms with Gasteiger partial charge in [0, 0.05) is 25.2 Å². The highest BCUT2D eigenvalue weighted by Gasteiger charge is 2.45.